The van der Waals surface area contributed by atoms with E-state index < -0.39 is 0 Å². The Labute approximate surface area is 146 Å². The van der Waals surface area contributed by atoms with Gasteiger partial charge in [0.2, 0.25) is 0 Å². The normalized spacial score (nSPS) is 18.1. The zero-order valence-electron chi connectivity index (χ0n) is 13.6. The third kappa shape index (κ3) is 3.47. The Morgan fingerprint density at radius 1 is 1.08 bits per heavy atom. The van der Waals surface area contributed by atoms with Crippen LogP contribution in [0.2, 0.25) is 5.15 Å². The second-order valence-corrected chi connectivity index (χ2v) is 6.79. The van der Waals surface area contributed by atoms with E-state index in [0.717, 1.165) is 50.6 Å². The Kier molecular flexibility index (Phi) is 4.54. The van der Waals surface area contributed by atoms with E-state index in [1.165, 1.54) is 29.7 Å². The van der Waals surface area contributed by atoms with Gasteiger partial charge in [-0.3, -0.25) is 9.89 Å². The molecule has 0 atom stereocenters. The molecule has 0 bridgehead atoms. The lowest BCUT2D eigenvalue weighted by Gasteiger charge is -2.28. The SMILES string of the molecule is Clc1ccc(CN2CCc3nc(C4=NCCCC4)ncc3C2)cn1. The molecule has 0 aliphatic carbocycles. The average Bonchev–Trinajstić information content (AvgIpc) is 2.64. The van der Waals surface area contributed by atoms with E-state index in [1.807, 2.05) is 24.5 Å². The van der Waals surface area contributed by atoms with E-state index in [0.29, 0.717) is 5.15 Å². The van der Waals surface area contributed by atoms with E-state index in [-0.39, 0.29) is 0 Å². The van der Waals surface area contributed by atoms with Gasteiger partial charge in [-0.2, -0.15) is 0 Å². The first kappa shape index (κ1) is 15.7. The first-order valence-electron chi connectivity index (χ1n) is 8.49. The van der Waals surface area contributed by atoms with Crippen molar-refractivity contribution in [3.8, 4) is 0 Å². The van der Waals surface area contributed by atoms with Crippen LogP contribution >= 0.6 is 11.6 Å². The molecule has 2 aromatic rings. The molecule has 0 spiro atoms. The van der Waals surface area contributed by atoms with Gasteiger partial charge in [0, 0.05) is 50.6 Å². The van der Waals surface area contributed by atoms with Crippen LogP contribution in [0.25, 0.3) is 0 Å². The lowest BCUT2D eigenvalue weighted by Crippen LogP contribution is -2.31. The van der Waals surface area contributed by atoms with Crippen LogP contribution in [0.4, 0.5) is 0 Å². The van der Waals surface area contributed by atoms with Crippen molar-refractivity contribution in [2.75, 3.05) is 13.1 Å². The molecule has 0 N–H and O–H groups in total. The number of aliphatic imine (C=N–C) groups is 1. The molecule has 6 heteroatoms. The maximum atomic E-state index is 5.85. The molecule has 0 unspecified atom stereocenters. The number of pyridine rings is 1. The fraction of sp³-hybridized carbons (Fsp3) is 0.444. The van der Waals surface area contributed by atoms with Crippen LogP contribution in [0.15, 0.2) is 29.5 Å². The molecular weight excluding hydrogens is 322 g/mol. The molecule has 124 valence electrons. The smallest absolute Gasteiger partial charge is 0.173 e. The quantitative estimate of drug-likeness (QED) is 0.805. The highest BCUT2D eigenvalue weighted by Crippen LogP contribution is 2.20. The van der Waals surface area contributed by atoms with Gasteiger partial charge in [-0.25, -0.2) is 15.0 Å². The molecule has 5 nitrogen and oxygen atoms in total. The van der Waals surface area contributed by atoms with Crippen LogP contribution in [0.3, 0.4) is 0 Å². The third-order valence-corrected chi connectivity index (χ3v) is 4.81. The van der Waals surface area contributed by atoms with Crippen molar-refractivity contribution in [1.82, 2.24) is 19.9 Å². The summed E-state index contributed by atoms with van der Waals surface area (Å²) in [5.41, 5.74) is 4.66. The van der Waals surface area contributed by atoms with Gasteiger partial charge < -0.3 is 0 Å². The molecule has 2 aromatic heterocycles. The molecule has 2 aliphatic rings. The summed E-state index contributed by atoms with van der Waals surface area (Å²) in [5.74, 6) is 0.837. The van der Waals surface area contributed by atoms with Gasteiger partial charge in [-0.05, 0) is 30.9 Å². The summed E-state index contributed by atoms with van der Waals surface area (Å²) in [6.07, 6.45) is 8.18. The second kappa shape index (κ2) is 6.95. The van der Waals surface area contributed by atoms with Crippen molar-refractivity contribution in [2.45, 2.75) is 38.8 Å². The molecule has 0 radical (unpaired) electrons. The van der Waals surface area contributed by atoms with Crippen LogP contribution in [-0.4, -0.2) is 38.7 Å². The summed E-state index contributed by atoms with van der Waals surface area (Å²) in [5, 5.41) is 0.536. The number of nitrogens with zero attached hydrogens (tertiary/aromatic N) is 5. The van der Waals surface area contributed by atoms with Gasteiger partial charge in [-0.15, -0.1) is 0 Å². The summed E-state index contributed by atoms with van der Waals surface area (Å²) >= 11 is 5.85. The Morgan fingerprint density at radius 2 is 2.04 bits per heavy atom. The summed E-state index contributed by atoms with van der Waals surface area (Å²) < 4.78 is 0. The lowest BCUT2D eigenvalue weighted by atomic mass is 10.1. The van der Waals surface area contributed by atoms with Gasteiger partial charge in [0.25, 0.3) is 0 Å². The van der Waals surface area contributed by atoms with Gasteiger partial charge in [0.1, 0.15) is 5.15 Å². The number of aromatic nitrogens is 3. The standard InChI is InChI=1S/C18H20ClN5/c19-17-5-4-13(9-21-17)11-24-8-6-15-14(12-24)10-22-18(23-15)16-3-1-2-7-20-16/h4-5,9-10H,1-3,6-8,11-12H2. The van der Waals surface area contributed by atoms with Crippen molar-refractivity contribution in [2.24, 2.45) is 4.99 Å². The van der Waals surface area contributed by atoms with E-state index in [9.17, 15) is 0 Å². The minimum atomic E-state index is 0.536. The Morgan fingerprint density at radius 3 is 2.83 bits per heavy atom. The fourth-order valence-electron chi connectivity index (χ4n) is 3.29. The van der Waals surface area contributed by atoms with E-state index >= 15 is 0 Å². The molecular formula is C18H20ClN5. The van der Waals surface area contributed by atoms with Crippen molar-refractivity contribution in [1.29, 1.82) is 0 Å². The van der Waals surface area contributed by atoms with E-state index in [1.54, 1.807) is 0 Å². The largest absolute Gasteiger partial charge is 0.294 e. The topological polar surface area (TPSA) is 54.3 Å². The minimum Gasteiger partial charge on any atom is -0.294 e. The highest BCUT2D eigenvalue weighted by Gasteiger charge is 2.20. The van der Waals surface area contributed by atoms with E-state index in [4.69, 9.17) is 16.6 Å². The number of hydrogen-bond donors (Lipinski definition) is 0. The summed E-state index contributed by atoms with van der Waals surface area (Å²) in [7, 11) is 0. The maximum Gasteiger partial charge on any atom is 0.173 e. The zero-order chi connectivity index (χ0) is 16.4. The number of fused-ring (bicyclic) bond motifs is 1. The molecule has 24 heavy (non-hydrogen) atoms. The van der Waals surface area contributed by atoms with Crippen molar-refractivity contribution in [3.05, 3.63) is 52.3 Å². The van der Waals surface area contributed by atoms with Gasteiger partial charge in [0.15, 0.2) is 5.82 Å². The van der Waals surface area contributed by atoms with Crippen LogP contribution in [0.5, 0.6) is 0 Å². The summed E-state index contributed by atoms with van der Waals surface area (Å²) in [4.78, 5) is 20.5. The molecule has 4 rings (SSSR count). The van der Waals surface area contributed by atoms with Crippen LogP contribution in [-0.2, 0) is 19.5 Å². The predicted molar refractivity (Wildman–Crippen MR) is 94.4 cm³/mol. The highest BCUT2D eigenvalue weighted by molar-refractivity contribution is 6.29. The number of halogens is 1. The Balaban J connectivity index is 1.47. The number of rotatable bonds is 3. The lowest BCUT2D eigenvalue weighted by molar-refractivity contribution is 0.242. The molecule has 2 aliphatic heterocycles. The maximum absolute atomic E-state index is 5.85. The number of hydrogen-bond acceptors (Lipinski definition) is 5. The third-order valence-electron chi connectivity index (χ3n) is 4.59. The first-order valence-corrected chi connectivity index (χ1v) is 8.87. The van der Waals surface area contributed by atoms with Crippen LogP contribution in [0, 0.1) is 0 Å². The van der Waals surface area contributed by atoms with Crippen molar-refractivity contribution >= 4 is 17.3 Å². The van der Waals surface area contributed by atoms with Gasteiger partial charge in [0.05, 0.1) is 11.4 Å². The van der Waals surface area contributed by atoms with Crippen LogP contribution < -0.4 is 0 Å². The monoisotopic (exact) mass is 341 g/mol. The molecule has 0 amide bonds. The van der Waals surface area contributed by atoms with E-state index in [2.05, 4.69) is 19.9 Å². The minimum absolute atomic E-state index is 0.536. The Hall–Kier alpha value is -1.85. The molecule has 0 fully saturated rings. The summed E-state index contributed by atoms with van der Waals surface area (Å²) in [6, 6.07) is 3.88. The fourth-order valence-corrected chi connectivity index (χ4v) is 3.40. The van der Waals surface area contributed by atoms with Gasteiger partial charge in [-0.1, -0.05) is 17.7 Å². The molecule has 0 saturated carbocycles. The predicted octanol–water partition coefficient (Wildman–Crippen LogP) is 3.06. The molecule has 0 aromatic carbocycles. The Bertz CT molecular complexity index is 757. The second-order valence-electron chi connectivity index (χ2n) is 6.40. The zero-order valence-corrected chi connectivity index (χ0v) is 14.3. The highest BCUT2D eigenvalue weighted by atomic mass is 35.5. The van der Waals surface area contributed by atoms with Gasteiger partial charge >= 0.3 is 0 Å². The van der Waals surface area contributed by atoms with Crippen molar-refractivity contribution < 1.29 is 0 Å². The first-order chi connectivity index (χ1) is 11.8. The van der Waals surface area contributed by atoms with Crippen molar-refractivity contribution in [3.63, 3.8) is 0 Å². The average molecular weight is 342 g/mol. The molecule has 0 saturated heterocycles. The summed E-state index contributed by atoms with van der Waals surface area (Å²) in [6.45, 7) is 3.67. The van der Waals surface area contributed by atoms with Crippen LogP contribution in [0.1, 0.15) is 41.9 Å². The molecule has 4 heterocycles.